The SMILES string of the molecule is CCCCCN(CCCCC)C1=CC(=O)C=CC1=O. The van der Waals surface area contributed by atoms with E-state index in [2.05, 4.69) is 18.7 Å². The van der Waals surface area contributed by atoms with Crippen LogP contribution in [0.25, 0.3) is 0 Å². The maximum absolute atomic E-state index is 11.9. The Kier molecular flexibility index (Phi) is 7.16. The normalized spacial score (nSPS) is 14.7. The third kappa shape index (κ3) is 5.41. The fourth-order valence-corrected chi connectivity index (χ4v) is 2.20. The van der Waals surface area contributed by atoms with E-state index < -0.39 is 0 Å². The number of nitrogens with zero attached hydrogens (tertiary/aromatic N) is 1. The van der Waals surface area contributed by atoms with Crippen LogP contribution in [-0.4, -0.2) is 29.6 Å². The van der Waals surface area contributed by atoms with Crippen LogP contribution in [0.2, 0.25) is 0 Å². The first-order chi connectivity index (χ1) is 9.19. The maximum atomic E-state index is 11.9. The molecule has 0 amide bonds. The number of carbonyl (C=O) groups excluding carboxylic acids is 2. The van der Waals surface area contributed by atoms with Gasteiger partial charge in [0.15, 0.2) is 5.78 Å². The molecule has 0 saturated heterocycles. The number of allylic oxidation sites excluding steroid dienone is 3. The second-order valence-electron chi connectivity index (χ2n) is 5.03. The van der Waals surface area contributed by atoms with Crippen molar-refractivity contribution in [3.63, 3.8) is 0 Å². The summed E-state index contributed by atoms with van der Waals surface area (Å²) in [7, 11) is 0. The van der Waals surface area contributed by atoms with Gasteiger partial charge in [0.1, 0.15) is 0 Å². The first-order valence-electron chi connectivity index (χ1n) is 7.42. The second kappa shape index (κ2) is 8.68. The molecule has 0 atom stereocenters. The Bertz CT molecular complexity index is 359. The lowest BCUT2D eigenvalue weighted by molar-refractivity contribution is -0.115. The van der Waals surface area contributed by atoms with Gasteiger partial charge in [-0.15, -0.1) is 0 Å². The second-order valence-corrected chi connectivity index (χ2v) is 5.03. The van der Waals surface area contributed by atoms with Crippen molar-refractivity contribution in [2.45, 2.75) is 52.4 Å². The van der Waals surface area contributed by atoms with Crippen molar-refractivity contribution in [2.75, 3.05) is 13.1 Å². The van der Waals surface area contributed by atoms with Gasteiger partial charge in [0.2, 0.25) is 5.78 Å². The molecule has 19 heavy (non-hydrogen) atoms. The first kappa shape index (κ1) is 15.7. The molecule has 3 heteroatoms. The average molecular weight is 263 g/mol. The quantitative estimate of drug-likeness (QED) is 0.473. The molecule has 0 heterocycles. The van der Waals surface area contributed by atoms with Gasteiger partial charge in [0, 0.05) is 19.2 Å². The van der Waals surface area contributed by atoms with Crippen molar-refractivity contribution >= 4 is 11.6 Å². The molecule has 1 rings (SSSR count). The van der Waals surface area contributed by atoms with Crippen molar-refractivity contribution in [2.24, 2.45) is 0 Å². The molecule has 0 aromatic heterocycles. The van der Waals surface area contributed by atoms with E-state index in [9.17, 15) is 9.59 Å². The molecule has 1 aliphatic rings. The zero-order chi connectivity index (χ0) is 14.1. The van der Waals surface area contributed by atoms with Gasteiger partial charge in [0.25, 0.3) is 0 Å². The molecule has 0 bridgehead atoms. The standard InChI is InChI=1S/C16H25NO2/c1-3-5-7-11-17(12-8-6-4-2)15-13-14(18)9-10-16(15)19/h9-10,13H,3-8,11-12H2,1-2H3. The van der Waals surface area contributed by atoms with Gasteiger partial charge in [-0.25, -0.2) is 0 Å². The Morgan fingerprint density at radius 2 is 1.47 bits per heavy atom. The molecule has 0 radical (unpaired) electrons. The molecule has 1 aliphatic carbocycles. The van der Waals surface area contributed by atoms with Crippen molar-refractivity contribution in [1.82, 2.24) is 4.90 Å². The number of hydrogen-bond donors (Lipinski definition) is 0. The summed E-state index contributed by atoms with van der Waals surface area (Å²) >= 11 is 0. The lowest BCUT2D eigenvalue weighted by Crippen LogP contribution is -2.31. The van der Waals surface area contributed by atoms with E-state index >= 15 is 0 Å². The van der Waals surface area contributed by atoms with Gasteiger partial charge in [-0.2, -0.15) is 0 Å². The van der Waals surface area contributed by atoms with Crippen LogP contribution < -0.4 is 0 Å². The molecule has 0 aromatic carbocycles. The zero-order valence-electron chi connectivity index (χ0n) is 12.2. The fourth-order valence-electron chi connectivity index (χ4n) is 2.20. The summed E-state index contributed by atoms with van der Waals surface area (Å²) in [5, 5.41) is 0. The predicted molar refractivity (Wildman–Crippen MR) is 77.9 cm³/mol. The van der Waals surface area contributed by atoms with E-state index in [0.29, 0.717) is 5.70 Å². The van der Waals surface area contributed by atoms with E-state index in [-0.39, 0.29) is 11.6 Å². The molecular weight excluding hydrogens is 238 g/mol. The van der Waals surface area contributed by atoms with Crippen LogP contribution >= 0.6 is 0 Å². The van der Waals surface area contributed by atoms with E-state index in [1.165, 1.54) is 18.2 Å². The minimum Gasteiger partial charge on any atom is -0.368 e. The Hall–Kier alpha value is -1.38. The highest BCUT2D eigenvalue weighted by molar-refractivity contribution is 6.16. The van der Waals surface area contributed by atoms with E-state index in [4.69, 9.17) is 0 Å². The molecule has 106 valence electrons. The lowest BCUT2D eigenvalue weighted by atomic mass is 10.1. The van der Waals surface area contributed by atoms with Crippen LogP contribution in [0.4, 0.5) is 0 Å². The van der Waals surface area contributed by atoms with Gasteiger partial charge in [0.05, 0.1) is 5.70 Å². The van der Waals surface area contributed by atoms with Crippen molar-refractivity contribution in [3.8, 4) is 0 Å². The number of ketones is 2. The van der Waals surface area contributed by atoms with Crippen LogP contribution in [0, 0.1) is 0 Å². The molecular formula is C16H25NO2. The molecule has 0 aromatic rings. The summed E-state index contributed by atoms with van der Waals surface area (Å²) in [5.41, 5.74) is 0.583. The third-order valence-electron chi connectivity index (χ3n) is 3.33. The minimum absolute atomic E-state index is 0.0346. The molecule has 0 N–H and O–H groups in total. The fraction of sp³-hybridized carbons (Fsp3) is 0.625. The molecule has 0 unspecified atom stereocenters. The highest BCUT2D eigenvalue weighted by Crippen LogP contribution is 2.14. The largest absolute Gasteiger partial charge is 0.368 e. The van der Waals surface area contributed by atoms with Crippen molar-refractivity contribution in [3.05, 3.63) is 23.9 Å². The molecule has 0 fully saturated rings. The summed E-state index contributed by atoms with van der Waals surface area (Å²) in [6, 6.07) is 0. The van der Waals surface area contributed by atoms with E-state index in [0.717, 1.165) is 51.6 Å². The van der Waals surface area contributed by atoms with Crippen LogP contribution in [0.15, 0.2) is 23.9 Å². The Labute approximate surface area is 116 Å². The third-order valence-corrected chi connectivity index (χ3v) is 3.33. The van der Waals surface area contributed by atoms with Gasteiger partial charge >= 0.3 is 0 Å². The summed E-state index contributed by atoms with van der Waals surface area (Å²) in [6.45, 7) is 6.07. The maximum Gasteiger partial charge on any atom is 0.202 e. The van der Waals surface area contributed by atoms with E-state index in [1.807, 2.05) is 0 Å². The van der Waals surface area contributed by atoms with Gasteiger partial charge in [-0.3, -0.25) is 9.59 Å². The highest BCUT2D eigenvalue weighted by Gasteiger charge is 2.19. The Morgan fingerprint density at radius 3 is 2.00 bits per heavy atom. The number of unbranched alkanes of at least 4 members (excludes halogenated alkanes) is 4. The molecule has 3 nitrogen and oxygen atoms in total. The van der Waals surface area contributed by atoms with Crippen molar-refractivity contribution in [1.29, 1.82) is 0 Å². The summed E-state index contributed by atoms with van der Waals surface area (Å²) in [6.07, 6.45) is 11.0. The topological polar surface area (TPSA) is 37.4 Å². The number of carbonyl (C=O) groups is 2. The smallest absolute Gasteiger partial charge is 0.202 e. The monoisotopic (exact) mass is 263 g/mol. The van der Waals surface area contributed by atoms with Gasteiger partial charge < -0.3 is 4.90 Å². The summed E-state index contributed by atoms with van der Waals surface area (Å²) in [4.78, 5) is 25.4. The molecule has 0 saturated carbocycles. The van der Waals surface area contributed by atoms with E-state index in [1.54, 1.807) is 0 Å². The van der Waals surface area contributed by atoms with Crippen LogP contribution in [0.3, 0.4) is 0 Å². The highest BCUT2D eigenvalue weighted by atomic mass is 16.1. The number of rotatable bonds is 9. The van der Waals surface area contributed by atoms with Gasteiger partial charge in [-0.05, 0) is 25.0 Å². The predicted octanol–water partition coefficient (Wildman–Crippen LogP) is 3.26. The minimum atomic E-state index is -0.0782. The summed E-state index contributed by atoms with van der Waals surface area (Å²) < 4.78 is 0. The van der Waals surface area contributed by atoms with Crippen LogP contribution in [-0.2, 0) is 9.59 Å². The van der Waals surface area contributed by atoms with Crippen molar-refractivity contribution < 1.29 is 9.59 Å². The molecule has 0 aliphatic heterocycles. The van der Waals surface area contributed by atoms with Crippen LogP contribution in [0.1, 0.15) is 52.4 Å². The van der Waals surface area contributed by atoms with Crippen LogP contribution in [0.5, 0.6) is 0 Å². The lowest BCUT2D eigenvalue weighted by Gasteiger charge is -2.27. The first-order valence-corrected chi connectivity index (χ1v) is 7.42. The summed E-state index contributed by atoms with van der Waals surface area (Å²) in [5.74, 6) is -0.113. The Balaban J connectivity index is 2.65. The van der Waals surface area contributed by atoms with Gasteiger partial charge in [-0.1, -0.05) is 39.5 Å². The molecule has 0 spiro atoms. The number of hydrogen-bond acceptors (Lipinski definition) is 3. The Morgan fingerprint density at radius 1 is 0.895 bits per heavy atom. The zero-order valence-corrected chi connectivity index (χ0v) is 12.2. The average Bonchev–Trinajstić information content (AvgIpc) is 2.40.